The first-order chi connectivity index (χ1) is 16.6. The lowest BCUT2D eigenvalue weighted by molar-refractivity contribution is -0.0492. The van der Waals surface area contributed by atoms with E-state index < -0.39 is 34.7 Å². The number of phenolic OH excluding ortho intramolecular Hbond substituents is 1. The molecule has 1 aromatic heterocycles. The summed E-state index contributed by atoms with van der Waals surface area (Å²) in [7, 11) is -5.63. The zero-order chi connectivity index (χ0) is 25.2. The van der Waals surface area contributed by atoms with Gasteiger partial charge in [-0.05, 0) is 42.7 Å². The number of anilines is 1. The van der Waals surface area contributed by atoms with Gasteiger partial charge >= 0.3 is 15.5 Å². The summed E-state index contributed by atoms with van der Waals surface area (Å²) in [5.41, 5.74) is -3.23. The van der Waals surface area contributed by atoms with Crippen LogP contribution in [-0.4, -0.2) is 40.9 Å². The van der Waals surface area contributed by atoms with Crippen molar-refractivity contribution in [3.05, 3.63) is 88.2 Å². The number of sulfonamides is 1. The SMILES string of the molecule is O=S(=O)(N1Cc2c(O)cccc2N(Cc2cc(Br)ccn2)[C@H](CCc2ccccc2)C1)C(F)(F)F. The normalized spacial score (nSPS) is 17.1. The topological polar surface area (TPSA) is 73.7 Å². The maximum absolute atomic E-state index is 13.6. The lowest BCUT2D eigenvalue weighted by Gasteiger charge is -2.34. The first kappa shape index (κ1) is 25.5. The largest absolute Gasteiger partial charge is 0.511 e. The standard InChI is InChI=1S/C24H23BrF3N3O3S/c25-18-11-12-29-19(13-18)14-31-20(10-9-17-5-2-1-3-6-17)15-30(35(33,34)24(26,27)28)16-21-22(31)7-4-8-23(21)32/h1-8,11-13,20,32H,9-10,14-16H2/t20-/m1/s1. The number of hydrogen-bond acceptors (Lipinski definition) is 5. The number of nitrogens with zero attached hydrogens (tertiary/aromatic N) is 3. The summed E-state index contributed by atoms with van der Waals surface area (Å²) in [4.78, 5) is 6.22. The molecule has 1 atom stereocenters. The van der Waals surface area contributed by atoms with E-state index in [4.69, 9.17) is 0 Å². The zero-order valence-electron chi connectivity index (χ0n) is 18.5. The minimum atomic E-state index is -5.63. The third-order valence-electron chi connectivity index (χ3n) is 5.98. The predicted molar refractivity (Wildman–Crippen MR) is 130 cm³/mol. The van der Waals surface area contributed by atoms with Gasteiger partial charge in [0.15, 0.2) is 0 Å². The second-order valence-corrected chi connectivity index (χ2v) is 11.1. The molecule has 4 rings (SSSR count). The van der Waals surface area contributed by atoms with Gasteiger partial charge in [0, 0.05) is 41.1 Å². The molecule has 1 N–H and O–H groups in total. The molecule has 0 bridgehead atoms. The van der Waals surface area contributed by atoms with Crippen LogP contribution in [0.3, 0.4) is 0 Å². The van der Waals surface area contributed by atoms with Crippen molar-refractivity contribution in [2.45, 2.75) is 37.5 Å². The van der Waals surface area contributed by atoms with Crippen molar-refractivity contribution in [2.75, 3.05) is 11.4 Å². The number of rotatable bonds is 6. The van der Waals surface area contributed by atoms with Crippen LogP contribution in [0, 0.1) is 0 Å². The highest BCUT2D eigenvalue weighted by Crippen LogP contribution is 2.39. The Morgan fingerprint density at radius 3 is 2.51 bits per heavy atom. The van der Waals surface area contributed by atoms with Gasteiger partial charge in [-0.15, -0.1) is 0 Å². The maximum atomic E-state index is 13.6. The fraction of sp³-hybridized carbons (Fsp3) is 0.292. The van der Waals surface area contributed by atoms with Gasteiger partial charge in [-0.25, -0.2) is 8.42 Å². The highest BCUT2D eigenvalue weighted by Gasteiger charge is 2.51. The number of phenols is 1. The van der Waals surface area contributed by atoms with Crippen LogP contribution in [0.2, 0.25) is 0 Å². The molecule has 0 saturated heterocycles. The molecule has 2 aromatic carbocycles. The van der Waals surface area contributed by atoms with E-state index in [9.17, 15) is 26.7 Å². The van der Waals surface area contributed by atoms with E-state index in [0.717, 1.165) is 10.0 Å². The number of pyridine rings is 1. The minimum absolute atomic E-state index is 0.123. The monoisotopic (exact) mass is 569 g/mol. The molecule has 35 heavy (non-hydrogen) atoms. The van der Waals surface area contributed by atoms with Gasteiger partial charge in [-0.2, -0.15) is 17.5 Å². The third-order valence-corrected chi connectivity index (χ3v) is 8.01. The number of aromatic hydroxyl groups is 1. The van der Waals surface area contributed by atoms with Crippen LogP contribution in [0.5, 0.6) is 5.75 Å². The van der Waals surface area contributed by atoms with E-state index in [1.807, 2.05) is 35.2 Å². The predicted octanol–water partition coefficient (Wildman–Crippen LogP) is 5.22. The van der Waals surface area contributed by atoms with Crippen molar-refractivity contribution >= 4 is 31.6 Å². The number of aromatic nitrogens is 1. The molecule has 2 heterocycles. The van der Waals surface area contributed by atoms with Gasteiger partial charge in [0.05, 0.1) is 12.2 Å². The fourth-order valence-corrected chi connectivity index (χ4v) is 5.59. The smallest absolute Gasteiger partial charge is 0.508 e. The number of benzene rings is 2. The Morgan fingerprint density at radius 1 is 1.09 bits per heavy atom. The number of alkyl halides is 3. The van der Waals surface area contributed by atoms with Gasteiger partial charge in [-0.3, -0.25) is 4.98 Å². The van der Waals surface area contributed by atoms with Crippen LogP contribution in [0.15, 0.2) is 71.3 Å². The second kappa shape index (κ2) is 10.2. The summed E-state index contributed by atoms with van der Waals surface area (Å²) < 4.78 is 66.9. The second-order valence-electron chi connectivity index (χ2n) is 8.29. The van der Waals surface area contributed by atoms with Crippen molar-refractivity contribution in [3.63, 3.8) is 0 Å². The summed E-state index contributed by atoms with van der Waals surface area (Å²) >= 11 is 3.41. The molecule has 0 spiro atoms. The maximum Gasteiger partial charge on any atom is 0.511 e. The molecule has 0 unspecified atom stereocenters. The molecule has 0 aliphatic carbocycles. The van der Waals surface area contributed by atoms with Gasteiger partial charge in [0.2, 0.25) is 0 Å². The number of hydrogen-bond donors (Lipinski definition) is 1. The minimum Gasteiger partial charge on any atom is -0.508 e. The molecule has 3 aromatic rings. The molecule has 0 saturated carbocycles. The number of aryl methyl sites for hydroxylation is 1. The number of fused-ring (bicyclic) bond motifs is 1. The highest BCUT2D eigenvalue weighted by atomic mass is 79.9. The summed E-state index contributed by atoms with van der Waals surface area (Å²) in [6.45, 7) is -0.764. The van der Waals surface area contributed by atoms with Gasteiger partial charge in [0.1, 0.15) is 5.75 Å². The lowest BCUT2D eigenvalue weighted by Crippen LogP contribution is -2.47. The molecule has 1 aliphatic rings. The Labute approximate surface area is 210 Å². The molecule has 1 aliphatic heterocycles. The Morgan fingerprint density at radius 2 is 1.83 bits per heavy atom. The Kier molecular flexibility index (Phi) is 7.39. The molecular weight excluding hydrogens is 547 g/mol. The van der Waals surface area contributed by atoms with Crippen LogP contribution in [-0.2, 0) is 29.5 Å². The average Bonchev–Trinajstić information content (AvgIpc) is 2.96. The van der Waals surface area contributed by atoms with Crippen LogP contribution in [0.4, 0.5) is 18.9 Å². The Bertz CT molecular complexity index is 1290. The quantitative estimate of drug-likeness (QED) is 0.440. The lowest BCUT2D eigenvalue weighted by atomic mass is 10.0. The van der Waals surface area contributed by atoms with E-state index in [1.54, 1.807) is 30.5 Å². The summed E-state index contributed by atoms with van der Waals surface area (Å²) in [5.74, 6) is -0.263. The zero-order valence-corrected chi connectivity index (χ0v) is 20.9. The molecule has 0 fully saturated rings. The fourth-order valence-electron chi connectivity index (χ4n) is 4.24. The van der Waals surface area contributed by atoms with E-state index in [1.165, 1.54) is 6.07 Å². The first-order valence-electron chi connectivity index (χ1n) is 10.8. The first-order valence-corrected chi connectivity index (χ1v) is 13.1. The van der Waals surface area contributed by atoms with Gasteiger partial charge in [-0.1, -0.05) is 52.3 Å². The summed E-state index contributed by atoms with van der Waals surface area (Å²) in [5, 5.41) is 10.5. The molecule has 0 amide bonds. The van der Waals surface area contributed by atoms with Crippen LogP contribution < -0.4 is 4.90 Å². The van der Waals surface area contributed by atoms with Gasteiger partial charge in [0.25, 0.3) is 0 Å². The molecule has 6 nitrogen and oxygen atoms in total. The molecule has 0 radical (unpaired) electrons. The van der Waals surface area contributed by atoms with Crippen molar-refractivity contribution in [2.24, 2.45) is 0 Å². The van der Waals surface area contributed by atoms with Crippen molar-refractivity contribution < 1.29 is 26.7 Å². The van der Waals surface area contributed by atoms with Crippen LogP contribution in [0.1, 0.15) is 23.2 Å². The third kappa shape index (κ3) is 5.62. The highest BCUT2D eigenvalue weighted by molar-refractivity contribution is 9.10. The Balaban J connectivity index is 1.79. The van der Waals surface area contributed by atoms with Crippen molar-refractivity contribution in [3.8, 4) is 5.75 Å². The van der Waals surface area contributed by atoms with E-state index in [2.05, 4.69) is 20.9 Å². The summed E-state index contributed by atoms with van der Waals surface area (Å²) in [6.07, 6.45) is 2.53. The molecule has 186 valence electrons. The van der Waals surface area contributed by atoms with Gasteiger partial charge < -0.3 is 10.0 Å². The van der Waals surface area contributed by atoms with Crippen LogP contribution in [0.25, 0.3) is 0 Å². The molecular formula is C24H23BrF3N3O3S. The average molecular weight is 570 g/mol. The number of halogens is 4. The molecule has 11 heteroatoms. The Hall–Kier alpha value is -2.63. The summed E-state index contributed by atoms with van der Waals surface area (Å²) in [6, 6.07) is 17.0. The van der Waals surface area contributed by atoms with Crippen molar-refractivity contribution in [1.82, 2.24) is 9.29 Å². The van der Waals surface area contributed by atoms with Crippen molar-refractivity contribution in [1.29, 1.82) is 0 Å². The van der Waals surface area contributed by atoms with E-state index in [0.29, 0.717) is 28.5 Å². The van der Waals surface area contributed by atoms with Crippen LogP contribution >= 0.6 is 15.9 Å². The van der Waals surface area contributed by atoms with E-state index in [-0.39, 0.29) is 17.9 Å². The van der Waals surface area contributed by atoms with E-state index >= 15 is 0 Å².